The number of carbonyl (C=O) groups is 1. The molecule has 1 N–H and O–H groups in total. The molecule has 0 spiro atoms. The lowest BCUT2D eigenvalue weighted by molar-refractivity contribution is -0.128. The third kappa shape index (κ3) is 4.67. The maximum atomic E-state index is 13.7. The van der Waals surface area contributed by atoms with Gasteiger partial charge in [-0.05, 0) is 38.0 Å². The first-order valence-corrected chi connectivity index (χ1v) is 13.3. The number of aromatic nitrogens is 3. The Morgan fingerprint density at radius 3 is 2.47 bits per heavy atom. The summed E-state index contributed by atoms with van der Waals surface area (Å²) in [5.41, 5.74) is 2.41. The van der Waals surface area contributed by atoms with E-state index in [9.17, 15) is 18.1 Å². The SMILES string of the molecule is CC(=O)N1CCP(=O)(c2cc3c(N[C@H](C)c4cccc(C(F)F)c4C)nc(C)nc3cn2)CC1. The summed E-state index contributed by atoms with van der Waals surface area (Å²) < 4.78 is 40.5. The van der Waals surface area contributed by atoms with Crippen molar-refractivity contribution in [3.63, 3.8) is 0 Å². The molecule has 1 aliphatic rings. The quantitative estimate of drug-likeness (QED) is 0.529. The van der Waals surface area contributed by atoms with Gasteiger partial charge < -0.3 is 14.8 Å². The van der Waals surface area contributed by atoms with Gasteiger partial charge in [0.25, 0.3) is 6.43 Å². The first kappa shape index (κ1) is 24.2. The topological polar surface area (TPSA) is 88.1 Å². The van der Waals surface area contributed by atoms with Crippen LogP contribution in [0.15, 0.2) is 30.5 Å². The lowest BCUT2D eigenvalue weighted by atomic mass is 9.97. The Hall–Kier alpha value is -2.93. The summed E-state index contributed by atoms with van der Waals surface area (Å²) in [4.78, 5) is 26.8. The summed E-state index contributed by atoms with van der Waals surface area (Å²) in [6, 6.07) is 6.36. The molecule has 34 heavy (non-hydrogen) atoms. The Bertz CT molecular complexity index is 1290. The van der Waals surface area contributed by atoms with E-state index in [-0.39, 0.29) is 17.5 Å². The average Bonchev–Trinajstić information content (AvgIpc) is 2.78. The first-order valence-electron chi connectivity index (χ1n) is 11.2. The Morgan fingerprint density at radius 1 is 1.15 bits per heavy atom. The number of pyridine rings is 1. The summed E-state index contributed by atoms with van der Waals surface area (Å²) in [6.45, 7) is 7.76. The summed E-state index contributed by atoms with van der Waals surface area (Å²) in [6.07, 6.45) is -0.170. The molecule has 180 valence electrons. The smallest absolute Gasteiger partial charge is 0.264 e. The van der Waals surface area contributed by atoms with Gasteiger partial charge in [0.1, 0.15) is 24.2 Å². The lowest BCUT2D eigenvalue weighted by Crippen LogP contribution is -2.40. The highest BCUT2D eigenvalue weighted by atomic mass is 31.2. The van der Waals surface area contributed by atoms with E-state index in [4.69, 9.17) is 0 Å². The van der Waals surface area contributed by atoms with Crippen molar-refractivity contribution < 1.29 is 18.1 Å². The maximum Gasteiger partial charge on any atom is 0.264 e. The van der Waals surface area contributed by atoms with E-state index < -0.39 is 13.6 Å². The van der Waals surface area contributed by atoms with Crippen molar-refractivity contribution in [3.8, 4) is 0 Å². The van der Waals surface area contributed by atoms with Crippen LogP contribution in [0.5, 0.6) is 0 Å². The number of amides is 1. The normalized spacial score (nSPS) is 16.6. The number of alkyl halides is 2. The molecule has 10 heteroatoms. The van der Waals surface area contributed by atoms with E-state index in [0.29, 0.717) is 59.0 Å². The number of anilines is 1. The number of aryl methyl sites for hydroxylation is 1. The molecule has 3 heterocycles. The predicted octanol–water partition coefficient (Wildman–Crippen LogP) is 4.60. The number of hydrogen-bond acceptors (Lipinski definition) is 6. The van der Waals surface area contributed by atoms with Crippen LogP contribution in [0.2, 0.25) is 0 Å². The predicted molar refractivity (Wildman–Crippen MR) is 129 cm³/mol. The Balaban J connectivity index is 1.69. The fourth-order valence-electron chi connectivity index (χ4n) is 4.46. The molecule has 1 aromatic carbocycles. The second-order valence-electron chi connectivity index (χ2n) is 8.75. The Labute approximate surface area is 197 Å². The Kier molecular flexibility index (Phi) is 6.67. The molecule has 1 amide bonds. The third-order valence-electron chi connectivity index (χ3n) is 6.48. The second kappa shape index (κ2) is 9.37. The van der Waals surface area contributed by atoms with Crippen LogP contribution in [0.25, 0.3) is 10.9 Å². The van der Waals surface area contributed by atoms with Gasteiger partial charge in [0.05, 0.1) is 17.8 Å². The number of carbonyl (C=O) groups excluding carboxylic acids is 1. The summed E-state index contributed by atoms with van der Waals surface area (Å²) in [5.74, 6) is 1.05. The minimum Gasteiger partial charge on any atom is -0.363 e. The van der Waals surface area contributed by atoms with E-state index in [1.165, 1.54) is 13.0 Å². The lowest BCUT2D eigenvalue weighted by Gasteiger charge is -2.31. The van der Waals surface area contributed by atoms with Gasteiger partial charge in [-0.25, -0.2) is 18.7 Å². The highest BCUT2D eigenvalue weighted by Gasteiger charge is 2.33. The number of hydrogen-bond donors (Lipinski definition) is 1. The monoisotopic (exact) mass is 487 g/mol. The van der Waals surface area contributed by atoms with Crippen LogP contribution >= 0.6 is 7.14 Å². The molecule has 2 aromatic heterocycles. The number of halogens is 2. The van der Waals surface area contributed by atoms with Crippen molar-refractivity contribution in [2.75, 3.05) is 30.7 Å². The highest BCUT2D eigenvalue weighted by Crippen LogP contribution is 2.46. The van der Waals surface area contributed by atoms with Crippen molar-refractivity contribution in [2.45, 2.75) is 40.2 Å². The van der Waals surface area contributed by atoms with Crippen LogP contribution in [0.1, 0.15) is 48.8 Å². The molecule has 1 aliphatic heterocycles. The molecule has 7 nitrogen and oxygen atoms in total. The Morgan fingerprint density at radius 2 is 1.82 bits per heavy atom. The molecular weight excluding hydrogens is 459 g/mol. The van der Waals surface area contributed by atoms with Gasteiger partial charge in [-0.2, -0.15) is 0 Å². The number of benzene rings is 1. The van der Waals surface area contributed by atoms with Crippen molar-refractivity contribution in [2.24, 2.45) is 0 Å². The zero-order valence-electron chi connectivity index (χ0n) is 19.7. The summed E-state index contributed by atoms with van der Waals surface area (Å²) in [7, 11) is -2.77. The van der Waals surface area contributed by atoms with E-state index in [0.717, 1.165) is 5.56 Å². The molecule has 0 bridgehead atoms. The summed E-state index contributed by atoms with van der Waals surface area (Å²) >= 11 is 0. The van der Waals surface area contributed by atoms with Crippen LogP contribution in [0, 0.1) is 13.8 Å². The van der Waals surface area contributed by atoms with Crippen molar-refractivity contribution >= 4 is 35.2 Å². The molecule has 4 rings (SSSR count). The van der Waals surface area contributed by atoms with Gasteiger partial charge in [-0.3, -0.25) is 9.78 Å². The minimum atomic E-state index is -2.77. The van der Waals surface area contributed by atoms with E-state index in [1.807, 2.05) is 13.0 Å². The van der Waals surface area contributed by atoms with Crippen LogP contribution < -0.4 is 10.8 Å². The van der Waals surface area contributed by atoms with E-state index in [2.05, 4.69) is 20.3 Å². The van der Waals surface area contributed by atoms with E-state index in [1.54, 1.807) is 37.1 Å². The zero-order chi connectivity index (χ0) is 24.6. The molecule has 1 fully saturated rings. The molecule has 3 aromatic rings. The maximum absolute atomic E-state index is 13.7. The number of nitrogens with one attached hydrogen (secondary N) is 1. The van der Waals surface area contributed by atoms with Crippen molar-refractivity contribution in [1.29, 1.82) is 0 Å². The number of fused-ring (bicyclic) bond motifs is 1. The molecule has 0 unspecified atom stereocenters. The standard InChI is InChI=1S/C24H28F2N5O2P/c1-14-18(6-5-7-19(14)23(25)26)15(2)28-24-20-12-22(27-13-21(20)29-16(3)30-24)34(33)10-8-31(9-11-34)17(4)32/h5-7,12-13,15,23H,8-11H2,1-4H3,(H,28,29,30)/t15-/m1/s1. The molecule has 1 saturated heterocycles. The van der Waals surface area contributed by atoms with Gasteiger partial charge >= 0.3 is 0 Å². The average molecular weight is 487 g/mol. The van der Waals surface area contributed by atoms with Crippen LogP contribution in [-0.4, -0.2) is 51.2 Å². The molecule has 1 atom stereocenters. The molecule has 0 aliphatic carbocycles. The van der Waals surface area contributed by atoms with Gasteiger partial charge in [0.15, 0.2) is 0 Å². The van der Waals surface area contributed by atoms with Gasteiger partial charge in [-0.1, -0.05) is 18.2 Å². The fourth-order valence-corrected chi connectivity index (χ4v) is 6.91. The molecule has 0 radical (unpaired) electrons. The van der Waals surface area contributed by atoms with Crippen LogP contribution in [-0.2, 0) is 9.36 Å². The van der Waals surface area contributed by atoms with Crippen molar-refractivity contribution in [1.82, 2.24) is 19.9 Å². The van der Waals surface area contributed by atoms with Crippen LogP contribution in [0.4, 0.5) is 14.6 Å². The van der Waals surface area contributed by atoms with Crippen LogP contribution in [0.3, 0.4) is 0 Å². The fraction of sp³-hybridized carbons (Fsp3) is 0.417. The van der Waals surface area contributed by atoms with Gasteiger partial charge in [0, 0.05) is 43.3 Å². The van der Waals surface area contributed by atoms with Crippen molar-refractivity contribution in [3.05, 3.63) is 53.0 Å². The third-order valence-corrected chi connectivity index (χ3v) is 9.40. The summed E-state index contributed by atoms with van der Waals surface area (Å²) in [5, 5.41) is 4.02. The largest absolute Gasteiger partial charge is 0.363 e. The highest BCUT2D eigenvalue weighted by molar-refractivity contribution is 7.71. The zero-order valence-corrected chi connectivity index (χ0v) is 20.6. The second-order valence-corrected chi connectivity index (χ2v) is 11.9. The van der Waals surface area contributed by atoms with Gasteiger partial charge in [0.2, 0.25) is 5.91 Å². The number of nitrogens with zero attached hydrogens (tertiary/aromatic N) is 4. The van der Waals surface area contributed by atoms with E-state index >= 15 is 0 Å². The minimum absolute atomic E-state index is 0.0105. The molecular formula is C24H28F2N5O2P. The number of rotatable bonds is 5. The molecule has 0 saturated carbocycles. The first-order chi connectivity index (χ1) is 16.1. The van der Waals surface area contributed by atoms with Gasteiger partial charge in [-0.15, -0.1) is 0 Å².